The van der Waals surface area contributed by atoms with Gasteiger partial charge in [0.05, 0.1) is 10.6 Å². The highest BCUT2D eigenvalue weighted by molar-refractivity contribution is 9.09. The van der Waals surface area contributed by atoms with Crippen molar-refractivity contribution in [2.75, 3.05) is 5.33 Å². The van der Waals surface area contributed by atoms with Crippen LogP contribution >= 0.6 is 27.5 Å². The molecule has 0 saturated carbocycles. The molecule has 2 nitrogen and oxygen atoms in total. The second-order valence-corrected chi connectivity index (χ2v) is 4.98. The number of halogens is 3. The fourth-order valence-electron chi connectivity index (χ4n) is 1.44. The minimum Gasteiger partial charge on any atom is -0.350 e. The van der Waals surface area contributed by atoms with Gasteiger partial charge in [-0.2, -0.15) is 0 Å². The molecule has 1 N–H and O–H groups in total. The zero-order valence-electron chi connectivity index (χ0n) is 9.47. The summed E-state index contributed by atoms with van der Waals surface area (Å²) in [6.07, 6.45) is 1.84. The van der Waals surface area contributed by atoms with Gasteiger partial charge in [0.25, 0.3) is 5.91 Å². The van der Waals surface area contributed by atoms with Gasteiger partial charge in [-0.25, -0.2) is 4.39 Å². The third-order valence-electron chi connectivity index (χ3n) is 2.34. The summed E-state index contributed by atoms with van der Waals surface area (Å²) in [6, 6.07) is 4.25. The van der Waals surface area contributed by atoms with Crippen LogP contribution in [0.25, 0.3) is 0 Å². The molecule has 17 heavy (non-hydrogen) atoms. The highest BCUT2D eigenvalue weighted by Gasteiger charge is 2.14. The van der Waals surface area contributed by atoms with E-state index in [9.17, 15) is 9.18 Å². The number of rotatable bonds is 5. The molecule has 0 fully saturated rings. The average Bonchev–Trinajstić information content (AvgIpc) is 2.29. The van der Waals surface area contributed by atoms with E-state index in [2.05, 4.69) is 21.2 Å². The first-order valence-corrected chi connectivity index (χ1v) is 6.87. The van der Waals surface area contributed by atoms with Crippen LogP contribution in [0.2, 0.25) is 5.02 Å². The van der Waals surface area contributed by atoms with Gasteiger partial charge in [0, 0.05) is 11.4 Å². The third-order valence-corrected chi connectivity index (χ3v) is 3.29. The molecule has 1 atom stereocenters. The molecule has 0 spiro atoms. The number of hydrogen-bond acceptors (Lipinski definition) is 1. The van der Waals surface area contributed by atoms with Crippen LogP contribution in [0.3, 0.4) is 0 Å². The fraction of sp³-hybridized carbons (Fsp3) is 0.417. The molecule has 0 bridgehead atoms. The summed E-state index contributed by atoms with van der Waals surface area (Å²) < 4.78 is 13.2. The summed E-state index contributed by atoms with van der Waals surface area (Å²) in [6.45, 7) is 1.91. The SMILES string of the molecule is CC(CCCBr)NC(=O)c1cccc(F)c1Cl. The molecular weight excluding hydrogens is 308 g/mol. The standard InChI is InChI=1S/C12H14BrClFNO/c1-8(4-3-7-13)16-12(17)9-5-2-6-10(15)11(9)14/h2,5-6,8H,3-4,7H2,1H3,(H,16,17). The Hall–Kier alpha value is -0.610. The molecule has 0 heterocycles. The van der Waals surface area contributed by atoms with E-state index in [0.29, 0.717) is 0 Å². The summed E-state index contributed by atoms with van der Waals surface area (Å²) in [4.78, 5) is 11.8. The smallest absolute Gasteiger partial charge is 0.253 e. The molecule has 5 heteroatoms. The fourth-order valence-corrected chi connectivity index (χ4v) is 1.97. The Morgan fingerprint density at radius 2 is 2.29 bits per heavy atom. The van der Waals surface area contributed by atoms with Gasteiger partial charge in [-0.05, 0) is 31.9 Å². The number of hydrogen-bond donors (Lipinski definition) is 1. The van der Waals surface area contributed by atoms with Crippen LogP contribution < -0.4 is 5.32 Å². The maximum atomic E-state index is 13.2. The zero-order chi connectivity index (χ0) is 12.8. The lowest BCUT2D eigenvalue weighted by molar-refractivity contribution is 0.0938. The molecule has 94 valence electrons. The number of nitrogens with one attached hydrogen (secondary N) is 1. The second kappa shape index (κ2) is 6.97. The lowest BCUT2D eigenvalue weighted by atomic mass is 10.1. The minimum absolute atomic E-state index is 0.0411. The lowest BCUT2D eigenvalue weighted by Crippen LogP contribution is -2.32. The minimum atomic E-state index is -0.576. The van der Waals surface area contributed by atoms with Crippen molar-refractivity contribution in [1.82, 2.24) is 5.32 Å². The summed E-state index contributed by atoms with van der Waals surface area (Å²) in [5, 5.41) is 3.56. The van der Waals surface area contributed by atoms with Crippen LogP contribution in [0, 0.1) is 5.82 Å². The van der Waals surface area contributed by atoms with Gasteiger partial charge >= 0.3 is 0 Å². The van der Waals surface area contributed by atoms with Crippen molar-refractivity contribution in [2.45, 2.75) is 25.8 Å². The van der Waals surface area contributed by atoms with Crippen molar-refractivity contribution >= 4 is 33.4 Å². The van der Waals surface area contributed by atoms with Gasteiger partial charge in [0.15, 0.2) is 0 Å². The van der Waals surface area contributed by atoms with E-state index in [1.807, 2.05) is 6.92 Å². The Balaban J connectivity index is 2.67. The van der Waals surface area contributed by atoms with E-state index < -0.39 is 5.82 Å². The third kappa shape index (κ3) is 4.28. The molecule has 0 aliphatic carbocycles. The summed E-state index contributed by atoms with van der Waals surface area (Å²) >= 11 is 9.06. The number of benzene rings is 1. The number of alkyl halides is 1. The van der Waals surface area contributed by atoms with E-state index in [1.54, 1.807) is 0 Å². The highest BCUT2D eigenvalue weighted by atomic mass is 79.9. The largest absolute Gasteiger partial charge is 0.350 e. The first-order chi connectivity index (χ1) is 8.06. The Bertz CT molecular complexity index is 400. The topological polar surface area (TPSA) is 29.1 Å². The molecule has 1 aromatic rings. The quantitative estimate of drug-likeness (QED) is 0.821. The van der Waals surface area contributed by atoms with E-state index in [-0.39, 0.29) is 22.5 Å². The molecule has 1 aromatic carbocycles. The Morgan fingerprint density at radius 3 is 2.94 bits per heavy atom. The van der Waals surface area contributed by atoms with E-state index >= 15 is 0 Å². The van der Waals surface area contributed by atoms with E-state index in [4.69, 9.17) is 11.6 Å². The Kier molecular flexibility index (Phi) is 5.92. The Morgan fingerprint density at radius 1 is 1.59 bits per heavy atom. The van der Waals surface area contributed by atoms with Crippen molar-refractivity contribution in [2.24, 2.45) is 0 Å². The molecular formula is C12H14BrClFNO. The molecule has 1 rings (SSSR count). The molecule has 1 amide bonds. The van der Waals surface area contributed by atoms with Gasteiger partial charge in [-0.1, -0.05) is 33.6 Å². The molecule has 0 aliphatic rings. The molecule has 0 saturated heterocycles. The summed E-state index contributed by atoms with van der Waals surface area (Å²) in [5.74, 6) is -0.913. The van der Waals surface area contributed by atoms with Gasteiger partial charge in [0.1, 0.15) is 5.82 Å². The van der Waals surface area contributed by atoms with Gasteiger partial charge in [0.2, 0.25) is 0 Å². The second-order valence-electron chi connectivity index (χ2n) is 3.81. The van der Waals surface area contributed by atoms with Crippen molar-refractivity contribution < 1.29 is 9.18 Å². The number of carbonyl (C=O) groups excluding carboxylic acids is 1. The zero-order valence-corrected chi connectivity index (χ0v) is 11.8. The molecule has 0 aromatic heterocycles. The molecule has 0 radical (unpaired) electrons. The van der Waals surface area contributed by atoms with Gasteiger partial charge in [-0.3, -0.25) is 4.79 Å². The number of carbonyl (C=O) groups is 1. The van der Waals surface area contributed by atoms with Crippen LogP contribution in [0.1, 0.15) is 30.1 Å². The lowest BCUT2D eigenvalue weighted by Gasteiger charge is -2.13. The summed E-state index contributed by atoms with van der Waals surface area (Å²) in [5.41, 5.74) is 0.178. The predicted octanol–water partition coefficient (Wildman–Crippen LogP) is 3.77. The van der Waals surface area contributed by atoms with Crippen molar-refractivity contribution in [1.29, 1.82) is 0 Å². The van der Waals surface area contributed by atoms with Crippen LogP contribution in [0.15, 0.2) is 18.2 Å². The van der Waals surface area contributed by atoms with Crippen LogP contribution in [-0.2, 0) is 0 Å². The van der Waals surface area contributed by atoms with Crippen molar-refractivity contribution in [3.63, 3.8) is 0 Å². The molecule has 0 aliphatic heterocycles. The maximum Gasteiger partial charge on any atom is 0.253 e. The van der Waals surface area contributed by atoms with Crippen LogP contribution in [0.5, 0.6) is 0 Å². The van der Waals surface area contributed by atoms with E-state index in [0.717, 1.165) is 18.2 Å². The summed E-state index contributed by atoms with van der Waals surface area (Å²) in [7, 11) is 0. The first-order valence-electron chi connectivity index (χ1n) is 5.37. The average molecular weight is 323 g/mol. The monoisotopic (exact) mass is 321 g/mol. The van der Waals surface area contributed by atoms with Gasteiger partial charge in [-0.15, -0.1) is 0 Å². The maximum absolute atomic E-state index is 13.2. The van der Waals surface area contributed by atoms with Crippen molar-refractivity contribution in [3.05, 3.63) is 34.6 Å². The van der Waals surface area contributed by atoms with Crippen molar-refractivity contribution in [3.8, 4) is 0 Å². The van der Waals surface area contributed by atoms with Crippen LogP contribution in [-0.4, -0.2) is 17.3 Å². The van der Waals surface area contributed by atoms with Gasteiger partial charge < -0.3 is 5.32 Å². The number of amides is 1. The predicted molar refractivity (Wildman–Crippen MR) is 71.4 cm³/mol. The van der Waals surface area contributed by atoms with E-state index in [1.165, 1.54) is 18.2 Å². The molecule has 1 unspecified atom stereocenters. The normalized spacial score (nSPS) is 12.2. The first kappa shape index (κ1) is 14.5. The van der Waals surface area contributed by atoms with Crippen LogP contribution in [0.4, 0.5) is 4.39 Å². The Labute approximate surface area is 114 Å². The highest BCUT2D eigenvalue weighted by Crippen LogP contribution is 2.19.